The molecular formula is C23H27ClN4O2. The van der Waals surface area contributed by atoms with Gasteiger partial charge in [-0.05, 0) is 29.8 Å². The van der Waals surface area contributed by atoms with E-state index in [-0.39, 0.29) is 0 Å². The molecule has 1 aliphatic heterocycles. The first kappa shape index (κ1) is 20.7. The van der Waals surface area contributed by atoms with Crippen LogP contribution >= 0.6 is 11.6 Å². The van der Waals surface area contributed by atoms with Crippen molar-refractivity contribution < 1.29 is 9.47 Å². The van der Waals surface area contributed by atoms with E-state index in [2.05, 4.69) is 26.1 Å². The molecule has 4 rings (SSSR count). The molecule has 0 unspecified atom stereocenters. The molecule has 30 heavy (non-hydrogen) atoms. The number of rotatable bonds is 7. The summed E-state index contributed by atoms with van der Waals surface area (Å²) in [6, 6.07) is 14.0. The monoisotopic (exact) mass is 426 g/mol. The molecule has 1 N–H and O–H groups in total. The normalized spacial score (nSPS) is 15.3. The van der Waals surface area contributed by atoms with Gasteiger partial charge in [0.05, 0.1) is 26.1 Å². The lowest BCUT2D eigenvalue weighted by molar-refractivity contribution is 0.122. The van der Waals surface area contributed by atoms with Crippen LogP contribution in [-0.4, -0.2) is 60.4 Å². The zero-order chi connectivity index (χ0) is 20.9. The van der Waals surface area contributed by atoms with Crippen molar-refractivity contribution in [2.24, 2.45) is 0 Å². The van der Waals surface area contributed by atoms with E-state index in [4.69, 9.17) is 21.1 Å². The molecule has 0 amide bonds. The second-order valence-corrected chi connectivity index (χ2v) is 7.96. The second kappa shape index (κ2) is 9.51. The van der Waals surface area contributed by atoms with Crippen LogP contribution in [0, 0.1) is 0 Å². The number of methoxy groups -OCH3 is 2. The number of aromatic nitrogens is 2. The van der Waals surface area contributed by atoms with Crippen LogP contribution in [0.3, 0.4) is 0 Å². The van der Waals surface area contributed by atoms with E-state index in [1.54, 1.807) is 14.2 Å². The number of aromatic amines is 1. The van der Waals surface area contributed by atoms with Gasteiger partial charge in [0.15, 0.2) is 0 Å². The number of nitrogens with one attached hydrogen (secondary N) is 1. The van der Waals surface area contributed by atoms with E-state index in [1.807, 2.05) is 42.6 Å². The molecule has 0 bridgehead atoms. The summed E-state index contributed by atoms with van der Waals surface area (Å²) in [5.41, 5.74) is 4.42. The molecule has 1 saturated heterocycles. The quantitative estimate of drug-likeness (QED) is 0.617. The molecule has 0 saturated carbocycles. The van der Waals surface area contributed by atoms with Crippen LogP contribution in [-0.2, 0) is 13.1 Å². The van der Waals surface area contributed by atoms with Crippen LogP contribution in [0.4, 0.5) is 0 Å². The maximum Gasteiger partial charge on any atom is 0.131 e. The summed E-state index contributed by atoms with van der Waals surface area (Å²) in [4.78, 5) is 4.95. The summed E-state index contributed by atoms with van der Waals surface area (Å²) in [6.45, 7) is 5.90. The Morgan fingerprint density at radius 3 is 2.43 bits per heavy atom. The third-order valence-corrected chi connectivity index (χ3v) is 5.79. The van der Waals surface area contributed by atoms with E-state index >= 15 is 0 Å². The average Bonchev–Trinajstić information content (AvgIpc) is 3.22. The first-order valence-corrected chi connectivity index (χ1v) is 10.5. The fraction of sp³-hybridized carbons (Fsp3) is 0.348. The van der Waals surface area contributed by atoms with Gasteiger partial charge in [0.1, 0.15) is 11.5 Å². The van der Waals surface area contributed by atoms with Gasteiger partial charge in [-0.15, -0.1) is 0 Å². The van der Waals surface area contributed by atoms with Crippen molar-refractivity contribution in [3.8, 4) is 22.8 Å². The summed E-state index contributed by atoms with van der Waals surface area (Å²) in [5.74, 6) is 1.54. The lowest BCUT2D eigenvalue weighted by atomic mass is 10.1. The van der Waals surface area contributed by atoms with Gasteiger partial charge in [0.2, 0.25) is 0 Å². The van der Waals surface area contributed by atoms with Crippen molar-refractivity contribution in [3.05, 3.63) is 64.8 Å². The predicted molar refractivity (Wildman–Crippen MR) is 119 cm³/mol. The first-order valence-electron chi connectivity index (χ1n) is 10.1. The molecule has 2 aromatic carbocycles. The number of halogens is 1. The highest BCUT2D eigenvalue weighted by Crippen LogP contribution is 2.34. The Balaban J connectivity index is 1.40. The van der Waals surface area contributed by atoms with Gasteiger partial charge in [-0.3, -0.25) is 14.9 Å². The van der Waals surface area contributed by atoms with Gasteiger partial charge in [-0.25, -0.2) is 0 Å². The fourth-order valence-electron chi connectivity index (χ4n) is 3.91. The van der Waals surface area contributed by atoms with Crippen molar-refractivity contribution in [2.45, 2.75) is 13.1 Å². The fourth-order valence-corrected chi connectivity index (χ4v) is 4.12. The van der Waals surface area contributed by atoms with Crippen molar-refractivity contribution in [2.75, 3.05) is 40.4 Å². The third kappa shape index (κ3) is 4.78. The van der Waals surface area contributed by atoms with Gasteiger partial charge in [0.25, 0.3) is 0 Å². The highest BCUT2D eigenvalue weighted by atomic mass is 35.5. The maximum atomic E-state index is 6.12. The summed E-state index contributed by atoms with van der Waals surface area (Å²) in [7, 11) is 3.33. The van der Waals surface area contributed by atoms with Gasteiger partial charge in [-0.1, -0.05) is 23.7 Å². The van der Waals surface area contributed by atoms with Crippen molar-refractivity contribution in [3.63, 3.8) is 0 Å². The minimum atomic E-state index is 0.770. The Labute approximate surface area is 182 Å². The maximum absolute atomic E-state index is 6.12. The lowest BCUT2D eigenvalue weighted by Gasteiger charge is -2.34. The minimum absolute atomic E-state index is 0.770. The molecule has 0 radical (unpaired) electrons. The molecule has 3 aromatic rings. The van der Waals surface area contributed by atoms with Crippen molar-refractivity contribution in [1.82, 2.24) is 20.0 Å². The third-order valence-electron chi connectivity index (χ3n) is 5.55. The summed E-state index contributed by atoms with van der Waals surface area (Å²) < 4.78 is 10.9. The zero-order valence-corrected chi connectivity index (χ0v) is 18.2. The molecule has 2 heterocycles. The van der Waals surface area contributed by atoms with Crippen LogP contribution in [0.15, 0.2) is 48.7 Å². The lowest BCUT2D eigenvalue weighted by Crippen LogP contribution is -2.45. The van der Waals surface area contributed by atoms with E-state index in [9.17, 15) is 0 Å². The van der Waals surface area contributed by atoms with E-state index in [0.717, 1.165) is 67.0 Å². The molecule has 0 aliphatic carbocycles. The molecule has 6 nitrogen and oxygen atoms in total. The van der Waals surface area contributed by atoms with E-state index in [1.165, 1.54) is 11.1 Å². The van der Waals surface area contributed by atoms with Crippen LogP contribution in [0.25, 0.3) is 11.3 Å². The summed E-state index contributed by atoms with van der Waals surface area (Å²) in [5, 5.41) is 8.25. The zero-order valence-electron chi connectivity index (χ0n) is 17.4. The largest absolute Gasteiger partial charge is 0.497 e. The Bertz CT molecular complexity index is 983. The number of ether oxygens (including phenoxy) is 2. The van der Waals surface area contributed by atoms with E-state index < -0.39 is 0 Å². The topological polar surface area (TPSA) is 53.6 Å². The molecule has 1 aromatic heterocycles. The Kier molecular flexibility index (Phi) is 6.57. The summed E-state index contributed by atoms with van der Waals surface area (Å²) in [6.07, 6.45) is 1.91. The standard InChI is InChI=1S/C23H27ClN4O2/c1-29-20-6-7-21(22(13-20)30-2)23-18(14-25-26-23)16-28-10-8-27(9-11-28)15-17-4-3-5-19(24)12-17/h3-7,12-14H,8-11,15-16H2,1-2H3,(H,25,26). The molecule has 7 heteroatoms. The Hall–Kier alpha value is -2.54. The van der Waals surface area contributed by atoms with E-state index in [0.29, 0.717) is 0 Å². The van der Waals surface area contributed by atoms with Gasteiger partial charge < -0.3 is 9.47 Å². The minimum Gasteiger partial charge on any atom is -0.497 e. The second-order valence-electron chi connectivity index (χ2n) is 7.52. The number of benzene rings is 2. The van der Waals surface area contributed by atoms with Crippen molar-refractivity contribution >= 4 is 11.6 Å². The van der Waals surface area contributed by atoms with Gasteiger partial charge >= 0.3 is 0 Å². The molecule has 0 spiro atoms. The van der Waals surface area contributed by atoms with Crippen LogP contribution in [0.5, 0.6) is 11.5 Å². The van der Waals surface area contributed by atoms with Crippen LogP contribution in [0.1, 0.15) is 11.1 Å². The number of hydrogen-bond acceptors (Lipinski definition) is 5. The highest BCUT2D eigenvalue weighted by Gasteiger charge is 2.20. The highest BCUT2D eigenvalue weighted by molar-refractivity contribution is 6.30. The van der Waals surface area contributed by atoms with Crippen LogP contribution in [0.2, 0.25) is 5.02 Å². The molecule has 1 fully saturated rings. The number of hydrogen-bond donors (Lipinski definition) is 1. The number of nitrogens with zero attached hydrogens (tertiary/aromatic N) is 3. The SMILES string of the molecule is COc1ccc(-c2[nH]ncc2CN2CCN(Cc3cccc(Cl)c3)CC2)c(OC)c1. The smallest absolute Gasteiger partial charge is 0.131 e. The molecule has 0 atom stereocenters. The first-order chi connectivity index (χ1) is 14.7. The molecular weight excluding hydrogens is 400 g/mol. The predicted octanol–water partition coefficient (Wildman–Crippen LogP) is 4.07. The number of piperazine rings is 1. The van der Waals surface area contributed by atoms with Crippen molar-refractivity contribution in [1.29, 1.82) is 0 Å². The molecule has 158 valence electrons. The Morgan fingerprint density at radius 2 is 1.73 bits per heavy atom. The Morgan fingerprint density at radius 1 is 0.967 bits per heavy atom. The van der Waals surface area contributed by atoms with Gasteiger partial charge in [0, 0.05) is 61.5 Å². The summed E-state index contributed by atoms with van der Waals surface area (Å²) >= 11 is 6.12. The number of H-pyrrole nitrogens is 1. The van der Waals surface area contributed by atoms with Gasteiger partial charge in [-0.2, -0.15) is 5.10 Å². The average molecular weight is 427 g/mol. The molecule has 1 aliphatic rings. The van der Waals surface area contributed by atoms with Crippen LogP contribution < -0.4 is 9.47 Å².